The fourth-order valence-corrected chi connectivity index (χ4v) is 2.30. The summed E-state index contributed by atoms with van der Waals surface area (Å²) in [6.07, 6.45) is 5.93. The van der Waals surface area contributed by atoms with Gasteiger partial charge in [-0.1, -0.05) is 42.5 Å². The molecule has 0 amide bonds. The van der Waals surface area contributed by atoms with Crippen LogP contribution in [0.2, 0.25) is 0 Å². The summed E-state index contributed by atoms with van der Waals surface area (Å²) in [5.41, 5.74) is 3.94. The number of para-hydroxylation sites is 1. The first kappa shape index (κ1) is 13.9. The van der Waals surface area contributed by atoms with Crippen LogP contribution in [0.1, 0.15) is 11.1 Å². The van der Waals surface area contributed by atoms with E-state index in [1.54, 1.807) is 7.05 Å². The van der Waals surface area contributed by atoms with Crippen LogP contribution in [0.4, 0.5) is 5.69 Å². The van der Waals surface area contributed by atoms with Gasteiger partial charge in [0.25, 0.3) is 0 Å². The molecule has 0 radical (unpaired) electrons. The Labute approximate surface area is 128 Å². The number of nitrogens with zero attached hydrogens (tertiary/aromatic N) is 3. The van der Waals surface area contributed by atoms with Crippen LogP contribution >= 0.6 is 0 Å². The number of hydrogen-bond donors (Lipinski definition) is 0. The van der Waals surface area contributed by atoms with E-state index in [0.29, 0.717) is 0 Å². The van der Waals surface area contributed by atoms with Gasteiger partial charge in [-0.15, -0.1) is 4.91 Å². The Morgan fingerprint density at radius 1 is 1.00 bits per heavy atom. The molecule has 0 unspecified atom stereocenters. The zero-order valence-electron chi connectivity index (χ0n) is 12.2. The maximum Gasteiger partial charge on any atom is 0.0707 e. The average Bonchev–Trinajstić information content (AvgIpc) is 2.59. The Morgan fingerprint density at radius 3 is 2.55 bits per heavy atom. The largest absolute Gasteiger partial charge is 0.256 e. The number of nitroso groups, excluding NO2 is 1. The van der Waals surface area contributed by atoms with Crippen LogP contribution in [0, 0.1) is 4.91 Å². The highest BCUT2D eigenvalue weighted by Crippen LogP contribution is 2.20. The van der Waals surface area contributed by atoms with E-state index in [1.807, 2.05) is 60.8 Å². The predicted molar refractivity (Wildman–Crippen MR) is 91.3 cm³/mol. The van der Waals surface area contributed by atoms with Crippen LogP contribution in [0.5, 0.6) is 0 Å². The first-order chi connectivity index (χ1) is 10.8. The number of aromatic nitrogens is 1. The van der Waals surface area contributed by atoms with Gasteiger partial charge in [-0.05, 0) is 35.4 Å². The zero-order valence-corrected chi connectivity index (χ0v) is 12.2. The predicted octanol–water partition coefficient (Wildman–Crippen LogP) is 4.52. The molecular weight excluding hydrogens is 274 g/mol. The maximum atomic E-state index is 10.5. The Bertz CT molecular complexity index is 820. The normalized spacial score (nSPS) is 11.0. The highest BCUT2D eigenvalue weighted by Gasteiger charge is 2.00. The summed E-state index contributed by atoms with van der Waals surface area (Å²) in [5, 5.41) is 5.30. The minimum absolute atomic E-state index is 0.765. The lowest BCUT2D eigenvalue weighted by molar-refractivity contribution is 1.00. The third kappa shape index (κ3) is 2.86. The molecule has 0 fully saturated rings. The van der Waals surface area contributed by atoms with Gasteiger partial charge in [-0.2, -0.15) is 0 Å². The molecule has 0 aliphatic rings. The van der Waals surface area contributed by atoms with Crippen LogP contribution in [0.3, 0.4) is 0 Å². The van der Waals surface area contributed by atoms with Crippen molar-refractivity contribution < 1.29 is 0 Å². The SMILES string of the molecule is CN(N=O)c1ccc(/C=C/c2ccnc3ccccc23)cc1. The fourth-order valence-electron chi connectivity index (χ4n) is 2.30. The molecule has 0 aliphatic heterocycles. The summed E-state index contributed by atoms with van der Waals surface area (Å²) in [5.74, 6) is 0. The second-order valence-electron chi connectivity index (χ2n) is 4.95. The van der Waals surface area contributed by atoms with E-state index in [4.69, 9.17) is 0 Å². The Balaban J connectivity index is 1.88. The van der Waals surface area contributed by atoms with Gasteiger partial charge in [0.1, 0.15) is 0 Å². The van der Waals surface area contributed by atoms with Crippen molar-refractivity contribution in [3.8, 4) is 0 Å². The van der Waals surface area contributed by atoms with E-state index in [2.05, 4.69) is 22.4 Å². The van der Waals surface area contributed by atoms with E-state index in [9.17, 15) is 4.91 Å². The molecule has 0 spiro atoms. The van der Waals surface area contributed by atoms with Crippen LogP contribution in [-0.4, -0.2) is 12.0 Å². The first-order valence-corrected chi connectivity index (χ1v) is 6.97. The molecule has 3 aromatic rings. The number of benzene rings is 2. The van der Waals surface area contributed by atoms with E-state index in [1.165, 1.54) is 5.01 Å². The van der Waals surface area contributed by atoms with Crippen LogP contribution in [0.25, 0.3) is 23.1 Å². The molecule has 22 heavy (non-hydrogen) atoms. The number of rotatable bonds is 4. The molecule has 0 bridgehead atoms. The molecule has 0 saturated heterocycles. The topological polar surface area (TPSA) is 45.6 Å². The van der Waals surface area contributed by atoms with Gasteiger partial charge in [0.15, 0.2) is 0 Å². The van der Waals surface area contributed by atoms with Crippen molar-refractivity contribution in [2.75, 3.05) is 12.1 Å². The molecule has 4 heteroatoms. The van der Waals surface area contributed by atoms with Crippen molar-refractivity contribution in [1.29, 1.82) is 0 Å². The van der Waals surface area contributed by atoms with Crippen LogP contribution in [0.15, 0.2) is 66.1 Å². The summed E-state index contributed by atoms with van der Waals surface area (Å²) in [7, 11) is 1.63. The second kappa shape index (κ2) is 6.18. The van der Waals surface area contributed by atoms with Gasteiger partial charge >= 0.3 is 0 Å². The first-order valence-electron chi connectivity index (χ1n) is 6.97. The Hall–Kier alpha value is -3.01. The molecule has 2 aromatic carbocycles. The number of pyridine rings is 1. The fraction of sp³-hybridized carbons (Fsp3) is 0.0556. The molecule has 0 saturated carbocycles. The summed E-state index contributed by atoms with van der Waals surface area (Å²) < 4.78 is 0. The van der Waals surface area contributed by atoms with Gasteiger partial charge < -0.3 is 0 Å². The van der Waals surface area contributed by atoms with Crippen LogP contribution in [-0.2, 0) is 0 Å². The lowest BCUT2D eigenvalue weighted by atomic mass is 10.1. The quantitative estimate of drug-likeness (QED) is 0.524. The van der Waals surface area contributed by atoms with Gasteiger partial charge in [0.05, 0.1) is 16.5 Å². The van der Waals surface area contributed by atoms with Crippen molar-refractivity contribution in [2.24, 2.45) is 5.29 Å². The second-order valence-corrected chi connectivity index (χ2v) is 4.95. The number of hydrogen-bond acceptors (Lipinski definition) is 3. The van der Waals surface area contributed by atoms with Gasteiger partial charge in [0.2, 0.25) is 0 Å². The van der Waals surface area contributed by atoms with Crippen LogP contribution < -0.4 is 5.01 Å². The van der Waals surface area contributed by atoms with Crippen molar-refractivity contribution >= 4 is 28.7 Å². The highest BCUT2D eigenvalue weighted by molar-refractivity contribution is 5.90. The minimum atomic E-state index is 0.765. The molecule has 0 aliphatic carbocycles. The molecule has 108 valence electrons. The van der Waals surface area contributed by atoms with E-state index >= 15 is 0 Å². The highest BCUT2D eigenvalue weighted by atomic mass is 16.3. The standard InChI is InChI=1S/C18H15N3O/c1-21(20-22)16-10-7-14(8-11-16)6-9-15-12-13-19-18-5-3-2-4-17(15)18/h2-13H,1H3/b9-6+. The van der Waals surface area contributed by atoms with Crippen molar-refractivity contribution in [3.05, 3.63) is 76.8 Å². The van der Waals surface area contributed by atoms with Crippen molar-refractivity contribution in [2.45, 2.75) is 0 Å². The van der Waals surface area contributed by atoms with E-state index < -0.39 is 0 Å². The molecule has 0 atom stereocenters. The smallest absolute Gasteiger partial charge is 0.0707 e. The summed E-state index contributed by atoms with van der Waals surface area (Å²) in [6, 6.07) is 17.7. The monoisotopic (exact) mass is 289 g/mol. The maximum absolute atomic E-state index is 10.5. The third-order valence-corrected chi connectivity index (χ3v) is 3.53. The lowest BCUT2D eigenvalue weighted by Gasteiger charge is -2.07. The van der Waals surface area contributed by atoms with Gasteiger partial charge in [-0.3, -0.25) is 4.98 Å². The lowest BCUT2D eigenvalue weighted by Crippen LogP contribution is -2.05. The number of fused-ring (bicyclic) bond motifs is 1. The van der Waals surface area contributed by atoms with Gasteiger partial charge in [-0.25, -0.2) is 5.01 Å². The Morgan fingerprint density at radius 2 is 1.77 bits per heavy atom. The molecule has 3 rings (SSSR count). The van der Waals surface area contributed by atoms with Crippen molar-refractivity contribution in [3.63, 3.8) is 0 Å². The molecule has 0 N–H and O–H groups in total. The van der Waals surface area contributed by atoms with Gasteiger partial charge in [0, 0.05) is 18.6 Å². The van der Waals surface area contributed by atoms with E-state index in [-0.39, 0.29) is 0 Å². The average molecular weight is 289 g/mol. The molecule has 1 heterocycles. The zero-order chi connectivity index (χ0) is 15.4. The molecular formula is C18H15N3O. The molecule has 1 aromatic heterocycles. The summed E-state index contributed by atoms with van der Waals surface area (Å²) in [4.78, 5) is 14.8. The van der Waals surface area contributed by atoms with E-state index in [0.717, 1.165) is 27.7 Å². The summed E-state index contributed by atoms with van der Waals surface area (Å²) >= 11 is 0. The summed E-state index contributed by atoms with van der Waals surface area (Å²) in [6.45, 7) is 0. The molecule has 4 nitrogen and oxygen atoms in total. The number of anilines is 1. The minimum Gasteiger partial charge on any atom is -0.256 e. The van der Waals surface area contributed by atoms with Crippen molar-refractivity contribution in [1.82, 2.24) is 4.98 Å². The Kier molecular flexibility index (Phi) is 3.92. The third-order valence-electron chi connectivity index (χ3n) is 3.53.